The van der Waals surface area contributed by atoms with Gasteiger partial charge < -0.3 is 20.2 Å². The summed E-state index contributed by atoms with van der Waals surface area (Å²) in [6.45, 7) is 2.65. The Kier molecular flexibility index (Phi) is 4.57. The first-order chi connectivity index (χ1) is 10.4. The lowest BCUT2D eigenvalue weighted by Gasteiger charge is -2.08. The number of nitrogens with zero attached hydrogens (tertiary/aromatic N) is 1. The summed E-state index contributed by atoms with van der Waals surface area (Å²) in [4.78, 5) is 34.9. The molecule has 22 heavy (non-hydrogen) atoms. The second kappa shape index (κ2) is 6.40. The molecule has 2 heterocycles. The third kappa shape index (κ3) is 3.32. The molecule has 1 amide bonds. The molecule has 0 saturated carbocycles. The zero-order valence-corrected chi connectivity index (χ0v) is 12.3. The van der Waals surface area contributed by atoms with Crippen LogP contribution in [0.5, 0.6) is 5.75 Å². The minimum absolute atomic E-state index is 0.172. The van der Waals surface area contributed by atoms with Gasteiger partial charge in [0.05, 0.1) is 18.1 Å². The van der Waals surface area contributed by atoms with Gasteiger partial charge in [0.25, 0.3) is 0 Å². The number of aromatic nitrogens is 1. The number of Topliss-reactive ketones (excluding diaryl/α,β-unsaturated/α-hetero) is 1. The number of nitrogens with one attached hydrogen (secondary N) is 1. The van der Waals surface area contributed by atoms with Gasteiger partial charge in [-0.05, 0) is 25.1 Å². The molecule has 1 atom stereocenters. The van der Waals surface area contributed by atoms with E-state index >= 15 is 0 Å². The van der Waals surface area contributed by atoms with E-state index in [9.17, 15) is 14.4 Å². The van der Waals surface area contributed by atoms with Gasteiger partial charge in [-0.2, -0.15) is 0 Å². The van der Waals surface area contributed by atoms with Crippen molar-refractivity contribution in [1.29, 1.82) is 0 Å². The molecule has 116 valence electrons. The van der Waals surface area contributed by atoms with Gasteiger partial charge in [-0.25, -0.2) is 0 Å². The van der Waals surface area contributed by atoms with E-state index in [1.54, 1.807) is 35.0 Å². The van der Waals surface area contributed by atoms with E-state index in [-0.39, 0.29) is 12.3 Å². The molecule has 0 bridgehead atoms. The molecule has 0 fully saturated rings. The number of rotatable bonds is 5. The minimum Gasteiger partial charge on any atom is -0.424 e. The third-order valence-corrected chi connectivity index (χ3v) is 3.03. The van der Waals surface area contributed by atoms with Gasteiger partial charge in [0.15, 0.2) is 11.5 Å². The number of carbonyl (C=O) groups is 3. The molecule has 2 aromatic rings. The highest BCUT2D eigenvalue weighted by atomic mass is 16.5. The Bertz CT molecular complexity index is 733. The van der Waals surface area contributed by atoms with Gasteiger partial charge in [-0.3, -0.25) is 14.4 Å². The molecule has 0 aromatic carbocycles. The van der Waals surface area contributed by atoms with Crippen LogP contribution in [0, 0.1) is 0 Å². The number of carbonyl (C=O) groups excluding carboxylic acids is 3. The zero-order valence-electron chi connectivity index (χ0n) is 12.3. The van der Waals surface area contributed by atoms with Crippen molar-refractivity contribution in [2.24, 2.45) is 5.73 Å². The van der Waals surface area contributed by atoms with Gasteiger partial charge in [0.1, 0.15) is 0 Å². The lowest BCUT2D eigenvalue weighted by molar-refractivity contribution is -0.131. The van der Waals surface area contributed by atoms with E-state index in [0.717, 1.165) is 0 Å². The molecule has 0 aliphatic heterocycles. The fourth-order valence-electron chi connectivity index (χ4n) is 2.02. The first-order valence-electron chi connectivity index (χ1n) is 6.74. The van der Waals surface area contributed by atoms with Crippen molar-refractivity contribution in [2.75, 3.05) is 6.54 Å². The number of ether oxygens (including phenoxy) is 1. The highest BCUT2D eigenvalue weighted by Gasteiger charge is 2.17. The quantitative estimate of drug-likeness (QED) is 0.619. The maximum atomic E-state index is 12.3. The van der Waals surface area contributed by atoms with Crippen molar-refractivity contribution in [2.45, 2.75) is 19.9 Å². The molecule has 0 spiro atoms. The number of fused-ring (bicyclic) bond motifs is 1. The summed E-state index contributed by atoms with van der Waals surface area (Å²) in [6.07, 6.45) is 3.42. The van der Waals surface area contributed by atoms with Gasteiger partial charge >= 0.3 is 5.97 Å². The molecule has 0 saturated heterocycles. The summed E-state index contributed by atoms with van der Waals surface area (Å²) in [5, 5.41) is 2.46. The zero-order chi connectivity index (χ0) is 16.3. The Morgan fingerprint density at radius 3 is 2.68 bits per heavy atom. The Labute approximate surface area is 127 Å². The molecule has 3 N–H and O–H groups in total. The smallest absolute Gasteiger partial charge is 0.308 e. The number of hydrogen-bond donors (Lipinski definition) is 2. The van der Waals surface area contributed by atoms with Crippen LogP contribution in [-0.4, -0.2) is 34.6 Å². The van der Waals surface area contributed by atoms with Crippen LogP contribution in [0.4, 0.5) is 0 Å². The maximum absolute atomic E-state index is 12.3. The van der Waals surface area contributed by atoms with Crippen molar-refractivity contribution < 1.29 is 19.1 Å². The fourth-order valence-corrected chi connectivity index (χ4v) is 2.02. The standard InChI is InChI=1S/C15H17N3O4/c1-9(16)15(21)17-8-12(20)11-5-7-18-6-3-4-13(14(11)18)22-10(2)19/h3-7,9H,8,16H2,1-2H3,(H,17,21)/t9-/m0/s1. The van der Waals surface area contributed by atoms with Crippen LogP contribution in [-0.2, 0) is 9.59 Å². The van der Waals surface area contributed by atoms with Gasteiger partial charge in [0, 0.05) is 24.9 Å². The van der Waals surface area contributed by atoms with Crippen molar-refractivity contribution in [1.82, 2.24) is 9.72 Å². The van der Waals surface area contributed by atoms with Crippen LogP contribution in [0.3, 0.4) is 0 Å². The summed E-state index contributed by atoms with van der Waals surface area (Å²) >= 11 is 0. The number of hydrogen-bond acceptors (Lipinski definition) is 5. The topological polar surface area (TPSA) is 103 Å². The second-order valence-corrected chi connectivity index (χ2v) is 4.88. The van der Waals surface area contributed by atoms with E-state index in [1.807, 2.05) is 0 Å². The average molecular weight is 303 g/mol. The average Bonchev–Trinajstić information content (AvgIpc) is 2.88. The largest absolute Gasteiger partial charge is 0.424 e. The molecule has 0 unspecified atom stereocenters. The van der Waals surface area contributed by atoms with Crippen LogP contribution < -0.4 is 15.8 Å². The third-order valence-electron chi connectivity index (χ3n) is 3.03. The second-order valence-electron chi connectivity index (χ2n) is 4.88. The Morgan fingerprint density at radius 1 is 1.32 bits per heavy atom. The number of esters is 1. The van der Waals surface area contributed by atoms with Crippen molar-refractivity contribution in [3.63, 3.8) is 0 Å². The van der Waals surface area contributed by atoms with Crippen LogP contribution in [0.25, 0.3) is 5.52 Å². The van der Waals surface area contributed by atoms with Gasteiger partial charge in [0.2, 0.25) is 5.91 Å². The van der Waals surface area contributed by atoms with Gasteiger partial charge in [-0.1, -0.05) is 0 Å². The van der Waals surface area contributed by atoms with Crippen LogP contribution in [0.15, 0.2) is 30.6 Å². The molecular formula is C15H17N3O4. The maximum Gasteiger partial charge on any atom is 0.308 e. The van der Waals surface area contributed by atoms with E-state index in [1.165, 1.54) is 13.8 Å². The SMILES string of the molecule is CC(=O)Oc1cccn2ccc(C(=O)CNC(=O)[C@H](C)N)c12. The number of ketones is 1. The molecule has 2 rings (SSSR count). The number of nitrogens with two attached hydrogens (primary N) is 1. The molecule has 0 aliphatic carbocycles. The molecule has 0 radical (unpaired) electrons. The molecule has 7 heteroatoms. The minimum atomic E-state index is -0.685. The molecule has 2 aromatic heterocycles. The molecule has 7 nitrogen and oxygen atoms in total. The van der Waals surface area contributed by atoms with Crippen molar-refractivity contribution >= 4 is 23.2 Å². The van der Waals surface area contributed by atoms with E-state index < -0.39 is 17.9 Å². The summed E-state index contributed by atoms with van der Waals surface area (Å²) in [6, 6.07) is 4.24. The van der Waals surface area contributed by atoms with E-state index in [2.05, 4.69) is 5.32 Å². The fraction of sp³-hybridized carbons (Fsp3) is 0.267. The highest BCUT2D eigenvalue weighted by Crippen LogP contribution is 2.25. The Hall–Kier alpha value is -2.67. The Morgan fingerprint density at radius 2 is 2.05 bits per heavy atom. The lowest BCUT2D eigenvalue weighted by Crippen LogP contribution is -2.40. The van der Waals surface area contributed by atoms with Crippen molar-refractivity contribution in [3.05, 3.63) is 36.2 Å². The predicted molar refractivity (Wildman–Crippen MR) is 79.7 cm³/mol. The van der Waals surface area contributed by atoms with Crippen LogP contribution in [0.2, 0.25) is 0 Å². The number of pyridine rings is 1. The normalized spacial score (nSPS) is 12.0. The van der Waals surface area contributed by atoms with E-state index in [4.69, 9.17) is 10.5 Å². The van der Waals surface area contributed by atoms with Crippen molar-refractivity contribution in [3.8, 4) is 5.75 Å². The summed E-state index contributed by atoms with van der Waals surface area (Å²) in [7, 11) is 0. The monoisotopic (exact) mass is 303 g/mol. The van der Waals surface area contributed by atoms with E-state index in [0.29, 0.717) is 16.8 Å². The Balaban J connectivity index is 2.29. The summed E-state index contributed by atoms with van der Waals surface area (Å²) in [5.74, 6) is -0.881. The first kappa shape index (κ1) is 15.7. The van der Waals surface area contributed by atoms with Crippen LogP contribution in [0.1, 0.15) is 24.2 Å². The number of amides is 1. The van der Waals surface area contributed by atoms with Crippen LogP contribution >= 0.6 is 0 Å². The summed E-state index contributed by atoms with van der Waals surface area (Å²) in [5.41, 5.74) is 6.27. The predicted octanol–water partition coefficient (Wildman–Crippen LogP) is 0.511. The molecular weight excluding hydrogens is 286 g/mol. The first-order valence-corrected chi connectivity index (χ1v) is 6.74. The summed E-state index contributed by atoms with van der Waals surface area (Å²) < 4.78 is 6.80. The lowest BCUT2D eigenvalue weighted by atomic mass is 10.1. The molecule has 0 aliphatic rings. The highest BCUT2D eigenvalue weighted by molar-refractivity contribution is 6.06. The van der Waals surface area contributed by atoms with Gasteiger partial charge in [-0.15, -0.1) is 0 Å².